The zero-order chi connectivity index (χ0) is 26.6. The zero-order valence-corrected chi connectivity index (χ0v) is 22.1. The van der Waals surface area contributed by atoms with Gasteiger partial charge in [0.1, 0.15) is 17.0 Å². The van der Waals surface area contributed by atoms with Gasteiger partial charge in [0.15, 0.2) is 5.82 Å². The standard InChI is InChI=1S/C29H32N8O/c1-5-37-29(31-3)25(33-34-37)13-20(2)28-24(23-10-8-21(15-30)9-11-23)14-27(26-16-32-19-36(26)28)38-18-22-7-6-12-35(4)17-22/h8-11,13-14,16,19,22H,3,5-7,12,17-18H2,1-2,4H3/b20-13+/t22-/m1/s1. The van der Waals surface area contributed by atoms with Crippen molar-refractivity contribution in [2.45, 2.75) is 33.2 Å². The van der Waals surface area contributed by atoms with E-state index in [1.165, 1.54) is 12.8 Å². The van der Waals surface area contributed by atoms with Crippen LogP contribution in [-0.4, -0.2) is 62.7 Å². The van der Waals surface area contributed by atoms with Crippen LogP contribution in [0.1, 0.15) is 43.6 Å². The largest absolute Gasteiger partial charge is 0.491 e. The molecule has 1 aromatic carbocycles. The van der Waals surface area contributed by atoms with Gasteiger partial charge in [0.25, 0.3) is 0 Å². The van der Waals surface area contributed by atoms with Gasteiger partial charge < -0.3 is 9.64 Å². The van der Waals surface area contributed by atoms with Crippen molar-refractivity contribution >= 4 is 29.7 Å². The van der Waals surface area contributed by atoms with E-state index in [2.05, 4.69) is 55.5 Å². The molecular weight excluding hydrogens is 476 g/mol. The molecule has 1 saturated heterocycles. The molecule has 9 heteroatoms. The van der Waals surface area contributed by atoms with Crippen LogP contribution >= 0.6 is 0 Å². The summed E-state index contributed by atoms with van der Waals surface area (Å²) in [6.45, 7) is 11.2. The summed E-state index contributed by atoms with van der Waals surface area (Å²) in [5, 5.41) is 17.9. The molecule has 0 aliphatic carbocycles. The summed E-state index contributed by atoms with van der Waals surface area (Å²) in [4.78, 5) is 11.0. The summed E-state index contributed by atoms with van der Waals surface area (Å²) in [6, 6.07) is 11.9. The first kappa shape index (κ1) is 25.4. The summed E-state index contributed by atoms with van der Waals surface area (Å²) in [5.74, 6) is 1.91. The molecule has 4 heterocycles. The van der Waals surface area contributed by atoms with Gasteiger partial charge in [-0.3, -0.25) is 4.40 Å². The van der Waals surface area contributed by atoms with Gasteiger partial charge in [0, 0.05) is 24.6 Å². The van der Waals surface area contributed by atoms with E-state index in [-0.39, 0.29) is 0 Å². The van der Waals surface area contributed by atoms with Crippen LogP contribution in [0.2, 0.25) is 0 Å². The van der Waals surface area contributed by atoms with Gasteiger partial charge in [-0.1, -0.05) is 17.3 Å². The molecule has 1 fully saturated rings. The number of allylic oxidation sites excluding steroid dienone is 1. The molecule has 4 aromatic rings. The van der Waals surface area contributed by atoms with Crippen LogP contribution in [0.25, 0.3) is 28.3 Å². The summed E-state index contributed by atoms with van der Waals surface area (Å²) in [7, 11) is 2.17. The van der Waals surface area contributed by atoms with E-state index in [1.54, 1.807) is 4.68 Å². The molecule has 1 aliphatic heterocycles. The van der Waals surface area contributed by atoms with Crippen molar-refractivity contribution in [3.63, 3.8) is 0 Å². The van der Waals surface area contributed by atoms with Crippen LogP contribution in [0.5, 0.6) is 5.75 Å². The van der Waals surface area contributed by atoms with Gasteiger partial charge >= 0.3 is 0 Å². The van der Waals surface area contributed by atoms with Gasteiger partial charge in [-0.2, -0.15) is 5.26 Å². The van der Waals surface area contributed by atoms with E-state index in [1.807, 2.05) is 56.7 Å². The fourth-order valence-electron chi connectivity index (χ4n) is 5.20. The number of nitriles is 1. The van der Waals surface area contributed by atoms with Crippen LogP contribution in [0.15, 0.2) is 47.8 Å². The van der Waals surface area contributed by atoms with Gasteiger partial charge in [0.05, 0.1) is 36.5 Å². The number of benzene rings is 1. The lowest BCUT2D eigenvalue weighted by atomic mass is 9.97. The summed E-state index contributed by atoms with van der Waals surface area (Å²) >= 11 is 0. The maximum Gasteiger partial charge on any atom is 0.177 e. The Balaban J connectivity index is 1.62. The van der Waals surface area contributed by atoms with E-state index in [4.69, 9.17) is 4.74 Å². The number of imidazole rings is 1. The quantitative estimate of drug-likeness (QED) is 0.307. The minimum Gasteiger partial charge on any atom is -0.491 e. The van der Waals surface area contributed by atoms with Crippen molar-refractivity contribution in [1.82, 2.24) is 29.3 Å². The van der Waals surface area contributed by atoms with Crippen LogP contribution in [0, 0.1) is 17.2 Å². The van der Waals surface area contributed by atoms with E-state index in [9.17, 15) is 5.26 Å². The fourth-order valence-corrected chi connectivity index (χ4v) is 5.20. The van der Waals surface area contributed by atoms with Crippen molar-refractivity contribution in [3.8, 4) is 22.9 Å². The van der Waals surface area contributed by atoms with E-state index in [0.29, 0.717) is 36.1 Å². The third-order valence-corrected chi connectivity index (χ3v) is 7.09. The fraction of sp³-hybridized carbons (Fsp3) is 0.345. The Bertz CT molecular complexity index is 1520. The number of aromatic nitrogens is 5. The molecule has 38 heavy (non-hydrogen) atoms. The molecule has 0 unspecified atom stereocenters. The second-order valence-corrected chi connectivity index (χ2v) is 9.79. The molecule has 0 bridgehead atoms. The number of likely N-dealkylation sites (tertiary alicyclic amines) is 1. The topological polar surface area (TPSA) is 96.6 Å². The molecule has 9 nitrogen and oxygen atoms in total. The molecule has 5 rings (SSSR count). The number of hydrogen-bond donors (Lipinski definition) is 0. The third-order valence-electron chi connectivity index (χ3n) is 7.09. The smallest absolute Gasteiger partial charge is 0.177 e. The van der Waals surface area contributed by atoms with E-state index in [0.717, 1.165) is 46.7 Å². The van der Waals surface area contributed by atoms with Crippen LogP contribution < -0.4 is 4.74 Å². The number of rotatable bonds is 8. The highest BCUT2D eigenvalue weighted by atomic mass is 16.5. The minimum absolute atomic E-state index is 0.488. The Labute approximate surface area is 222 Å². The monoisotopic (exact) mass is 508 g/mol. The molecule has 0 N–H and O–H groups in total. The minimum atomic E-state index is 0.488. The Morgan fingerprint density at radius 1 is 1.32 bits per heavy atom. The van der Waals surface area contributed by atoms with Crippen molar-refractivity contribution in [2.24, 2.45) is 10.9 Å². The van der Waals surface area contributed by atoms with Crippen molar-refractivity contribution in [3.05, 3.63) is 59.8 Å². The molecule has 0 spiro atoms. The van der Waals surface area contributed by atoms with Crippen LogP contribution in [-0.2, 0) is 6.54 Å². The number of aryl methyl sites for hydroxylation is 1. The van der Waals surface area contributed by atoms with Crippen molar-refractivity contribution in [2.75, 3.05) is 26.7 Å². The average molecular weight is 509 g/mol. The van der Waals surface area contributed by atoms with Gasteiger partial charge in [-0.05, 0) is 82.4 Å². The van der Waals surface area contributed by atoms with Crippen LogP contribution in [0.4, 0.5) is 5.82 Å². The molecule has 0 radical (unpaired) electrons. The highest BCUT2D eigenvalue weighted by Crippen LogP contribution is 2.37. The lowest BCUT2D eigenvalue weighted by molar-refractivity contribution is 0.151. The molecule has 1 aliphatic rings. The Morgan fingerprint density at radius 2 is 2.13 bits per heavy atom. The Morgan fingerprint density at radius 3 is 2.84 bits per heavy atom. The number of piperidine rings is 1. The number of pyridine rings is 1. The molecule has 3 aromatic heterocycles. The lowest BCUT2D eigenvalue weighted by Crippen LogP contribution is -2.34. The zero-order valence-electron chi connectivity index (χ0n) is 22.1. The predicted molar refractivity (Wildman–Crippen MR) is 150 cm³/mol. The molecular formula is C29H32N8O. The maximum absolute atomic E-state index is 9.32. The third kappa shape index (κ3) is 4.95. The first-order valence-corrected chi connectivity index (χ1v) is 12.9. The summed E-state index contributed by atoms with van der Waals surface area (Å²) in [6.07, 6.45) is 7.98. The lowest BCUT2D eigenvalue weighted by Gasteiger charge is -2.29. The van der Waals surface area contributed by atoms with Gasteiger partial charge in [-0.25, -0.2) is 14.7 Å². The summed E-state index contributed by atoms with van der Waals surface area (Å²) in [5.41, 5.74) is 6.02. The average Bonchev–Trinajstić information content (AvgIpc) is 3.58. The second kappa shape index (κ2) is 11.0. The van der Waals surface area contributed by atoms with Crippen molar-refractivity contribution in [1.29, 1.82) is 5.26 Å². The highest BCUT2D eigenvalue weighted by molar-refractivity contribution is 5.90. The van der Waals surface area contributed by atoms with Crippen LogP contribution in [0.3, 0.4) is 0 Å². The Hall–Kier alpha value is -4.29. The number of fused-ring (bicyclic) bond motifs is 1. The number of hydrogen-bond acceptors (Lipinski definition) is 7. The molecule has 0 saturated carbocycles. The summed E-state index contributed by atoms with van der Waals surface area (Å²) < 4.78 is 10.3. The van der Waals surface area contributed by atoms with E-state index >= 15 is 0 Å². The number of aliphatic imine (C=N–C) groups is 1. The second-order valence-electron chi connectivity index (χ2n) is 9.79. The van der Waals surface area contributed by atoms with Gasteiger partial charge in [0.2, 0.25) is 0 Å². The predicted octanol–water partition coefficient (Wildman–Crippen LogP) is 5.10. The SMILES string of the molecule is C=Nc1c(/C=C(\C)c2c(-c3ccc(C#N)cc3)cc(OC[C@@H]3CCCN(C)C3)c3cncn23)nnn1CC. The normalized spacial score (nSPS) is 16.5. The maximum atomic E-state index is 9.32. The first-order chi connectivity index (χ1) is 18.5. The number of ether oxygens (including phenoxy) is 1. The number of nitrogens with zero attached hydrogens (tertiary/aromatic N) is 8. The molecule has 0 amide bonds. The molecule has 1 atom stereocenters. The first-order valence-electron chi connectivity index (χ1n) is 12.9. The molecule has 194 valence electrons. The Kier molecular flexibility index (Phi) is 7.33. The van der Waals surface area contributed by atoms with Gasteiger partial charge in [-0.15, -0.1) is 5.10 Å². The van der Waals surface area contributed by atoms with E-state index < -0.39 is 0 Å². The van der Waals surface area contributed by atoms with Crippen molar-refractivity contribution < 1.29 is 4.74 Å². The highest BCUT2D eigenvalue weighted by Gasteiger charge is 2.21.